The standard InChI is InChI=1S/C16H10BrN3O2/c17-8-5-6-12-10(7-8)13(16(21)19-12)15-14(20-22)9-3-1-2-4-11(9)18-15/h1-7,18-19,21H. The number of para-hydroxylation sites is 1. The van der Waals surface area contributed by atoms with E-state index in [2.05, 4.69) is 31.1 Å². The van der Waals surface area contributed by atoms with Crippen molar-refractivity contribution in [3.8, 4) is 17.1 Å². The summed E-state index contributed by atoms with van der Waals surface area (Å²) < 4.78 is 0.886. The maximum Gasteiger partial charge on any atom is 0.199 e. The van der Waals surface area contributed by atoms with Crippen LogP contribution in [0.5, 0.6) is 5.88 Å². The average molecular weight is 356 g/mol. The Balaban J connectivity index is 2.13. The number of benzene rings is 2. The monoisotopic (exact) mass is 355 g/mol. The Kier molecular flexibility index (Phi) is 2.80. The molecular weight excluding hydrogens is 346 g/mol. The van der Waals surface area contributed by atoms with E-state index < -0.39 is 0 Å². The molecule has 0 saturated heterocycles. The van der Waals surface area contributed by atoms with Crippen molar-refractivity contribution >= 4 is 43.4 Å². The van der Waals surface area contributed by atoms with Crippen molar-refractivity contribution in [2.45, 2.75) is 0 Å². The molecule has 0 aliphatic heterocycles. The van der Waals surface area contributed by atoms with E-state index in [1.54, 1.807) is 0 Å². The predicted octanol–water partition coefficient (Wildman–Crippen LogP) is 5.18. The molecule has 4 rings (SSSR count). The lowest BCUT2D eigenvalue weighted by Gasteiger charge is -1.99. The van der Waals surface area contributed by atoms with Gasteiger partial charge in [0.05, 0.1) is 11.3 Å². The summed E-state index contributed by atoms with van der Waals surface area (Å²) in [5, 5.41) is 15.0. The van der Waals surface area contributed by atoms with Crippen LogP contribution >= 0.6 is 15.9 Å². The highest BCUT2D eigenvalue weighted by atomic mass is 79.9. The number of hydrogen-bond donors (Lipinski definition) is 3. The summed E-state index contributed by atoms with van der Waals surface area (Å²) in [7, 11) is 0. The lowest BCUT2D eigenvalue weighted by molar-refractivity contribution is 0.460. The number of halogens is 1. The molecule has 0 aliphatic rings. The van der Waals surface area contributed by atoms with Gasteiger partial charge < -0.3 is 15.1 Å². The maximum absolute atomic E-state index is 11.3. The first-order valence-corrected chi connectivity index (χ1v) is 7.43. The van der Waals surface area contributed by atoms with Crippen molar-refractivity contribution in [1.29, 1.82) is 0 Å². The summed E-state index contributed by atoms with van der Waals surface area (Å²) in [6.07, 6.45) is 0. The number of aromatic amines is 2. The van der Waals surface area contributed by atoms with Gasteiger partial charge in [-0.15, -0.1) is 4.91 Å². The SMILES string of the molecule is O=Nc1c(-c2c(O)[nH]c3ccc(Br)cc23)[nH]c2ccccc12. The summed E-state index contributed by atoms with van der Waals surface area (Å²) in [6, 6.07) is 13.1. The Morgan fingerprint density at radius 1 is 1.00 bits per heavy atom. The smallest absolute Gasteiger partial charge is 0.199 e. The highest BCUT2D eigenvalue weighted by molar-refractivity contribution is 9.10. The molecule has 0 bridgehead atoms. The molecule has 5 nitrogen and oxygen atoms in total. The number of aromatic nitrogens is 2. The highest BCUT2D eigenvalue weighted by Gasteiger charge is 2.21. The molecule has 0 saturated carbocycles. The molecule has 0 fully saturated rings. The molecule has 4 aromatic rings. The van der Waals surface area contributed by atoms with Gasteiger partial charge in [-0.1, -0.05) is 34.1 Å². The summed E-state index contributed by atoms with van der Waals surface area (Å²) >= 11 is 3.43. The van der Waals surface area contributed by atoms with Crippen molar-refractivity contribution in [2.75, 3.05) is 0 Å². The maximum atomic E-state index is 11.3. The Hall–Kier alpha value is -2.60. The zero-order chi connectivity index (χ0) is 15.3. The second-order valence-corrected chi connectivity index (χ2v) is 5.94. The quantitative estimate of drug-likeness (QED) is 0.433. The van der Waals surface area contributed by atoms with Crippen LogP contribution in [0.1, 0.15) is 0 Å². The van der Waals surface area contributed by atoms with Gasteiger partial charge in [-0.05, 0) is 29.4 Å². The molecule has 3 N–H and O–H groups in total. The Morgan fingerprint density at radius 3 is 2.59 bits per heavy atom. The van der Waals surface area contributed by atoms with E-state index in [-0.39, 0.29) is 5.88 Å². The number of H-pyrrole nitrogens is 2. The van der Waals surface area contributed by atoms with Crippen molar-refractivity contribution in [3.05, 3.63) is 51.8 Å². The molecule has 22 heavy (non-hydrogen) atoms. The Bertz CT molecular complexity index is 1030. The molecule has 108 valence electrons. The molecule has 2 aromatic heterocycles. The van der Waals surface area contributed by atoms with Crippen LogP contribution in [-0.4, -0.2) is 15.1 Å². The second kappa shape index (κ2) is 4.71. The van der Waals surface area contributed by atoms with Gasteiger partial charge >= 0.3 is 0 Å². The molecule has 6 heteroatoms. The molecule has 0 amide bonds. The summed E-state index contributed by atoms with van der Waals surface area (Å²) in [5.74, 6) is 0.00422. The van der Waals surface area contributed by atoms with E-state index in [1.165, 1.54) is 0 Å². The van der Waals surface area contributed by atoms with Crippen molar-refractivity contribution < 1.29 is 5.11 Å². The molecule has 2 heterocycles. The van der Waals surface area contributed by atoms with Gasteiger partial charge in [-0.25, -0.2) is 0 Å². The fourth-order valence-electron chi connectivity index (χ4n) is 2.81. The topological polar surface area (TPSA) is 81.2 Å². The minimum absolute atomic E-state index is 0.00422. The van der Waals surface area contributed by atoms with Crippen LogP contribution in [0.15, 0.2) is 52.1 Å². The second-order valence-electron chi connectivity index (χ2n) is 5.02. The molecule has 0 unspecified atom stereocenters. The fraction of sp³-hybridized carbons (Fsp3) is 0. The Labute approximate surface area is 133 Å². The summed E-state index contributed by atoms with van der Waals surface area (Å²) in [5.41, 5.74) is 2.94. The predicted molar refractivity (Wildman–Crippen MR) is 90.4 cm³/mol. The van der Waals surface area contributed by atoms with Crippen LogP contribution in [0.3, 0.4) is 0 Å². The number of aromatic hydroxyl groups is 1. The van der Waals surface area contributed by atoms with Gasteiger partial charge in [0.2, 0.25) is 0 Å². The number of nitrogens with one attached hydrogen (secondary N) is 2. The largest absolute Gasteiger partial charge is 0.494 e. The fourth-order valence-corrected chi connectivity index (χ4v) is 3.17. The highest BCUT2D eigenvalue weighted by Crippen LogP contribution is 2.44. The molecule has 2 aromatic carbocycles. The van der Waals surface area contributed by atoms with E-state index in [9.17, 15) is 10.0 Å². The van der Waals surface area contributed by atoms with E-state index in [4.69, 9.17) is 0 Å². The molecule has 0 radical (unpaired) electrons. The van der Waals surface area contributed by atoms with Gasteiger partial charge in [-0.3, -0.25) is 0 Å². The number of hydrogen-bond acceptors (Lipinski definition) is 3. The molecular formula is C16H10BrN3O2. The lowest BCUT2D eigenvalue weighted by atomic mass is 10.1. The first-order chi connectivity index (χ1) is 10.7. The minimum atomic E-state index is 0.00422. The Morgan fingerprint density at radius 2 is 1.77 bits per heavy atom. The van der Waals surface area contributed by atoms with Crippen molar-refractivity contribution in [2.24, 2.45) is 5.18 Å². The normalized spacial score (nSPS) is 11.3. The van der Waals surface area contributed by atoms with Gasteiger partial charge in [0, 0.05) is 26.3 Å². The van der Waals surface area contributed by atoms with Crippen molar-refractivity contribution in [1.82, 2.24) is 9.97 Å². The third kappa shape index (κ3) is 1.77. The van der Waals surface area contributed by atoms with Crippen LogP contribution in [0.2, 0.25) is 0 Å². The van der Waals surface area contributed by atoms with Crippen LogP contribution in [0.4, 0.5) is 5.69 Å². The number of fused-ring (bicyclic) bond motifs is 2. The minimum Gasteiger partial charge on any atom is -0.494 e. The summed E-state index contributed by atoms with van der Waals surface area (Å²) in [4.78, 5) is 17.4. The van der Waals surface area contributed by atoms with E-state index in [0.717, 1.165) is 26.3 Å². The van der Waals surface area contributed by atoms with E-state index >= 15 is 0 Å². The first-order valence-electron chi connectivity index (χ1n) is 6.63. The molecule has 0 aliphatic carbocycles. The third-order valence-corrected chi connectivity index (χ3v) is 4.25. The zero-order valence-corrected chi connectivity index (χ0v) is 12.8. The number of rotatable bonds is 2. The van der Waals surface area contributed by atoms with Crippen molar-refractivity contribution in [3.63, 3.8) is 0 Å². The number of nitrogens with zero attached hydrogens (tertiary/aromatic N) is 1. The van der Waals surface area contributed by atoms with Gasteiger partial charge in [0.1, 0.15) is 5.69 Å². The van der Waals surface area contributed by atoms with Gasteiger partial charge in [-0.2, -0.15) is 0 Å². The van der Waals surface area contributed by atoms with E-state index in [0.29, 0.717) is 16.9 Å². The van der Waals surface area contributed by atoms with E-state index in [1.807, 2.05) is 42.5 Å². The molecule has 0 atom stereocenters. The summed E-state index contributed by atoms with van der Waals surface area (Å²) in [6.45, 7) is 0. The number of nitroso groups, excluding NO2 is 1. The van der Waals surface area contributed by atoms with Crippen LogP contribution in [0.25, 0.3) is 33.1 Å². The zero-order valence-electron chi connectivity index (χ0n) is 11.2. The molecule has 0 spiro atoms. The average Bonchev–Trinajstić information content (AvgIpc) is 3.03. The van der Waals surface area contributed by atoms with Crippen LogP contribution in [-0.2, 0) is 0 Å². The third-order valence-electron chi connectivity index (χ3n) is 3.76. The van der Waals surface area contributed by atoms with Crippen LogP contribution < -0.4 is 0 Å². The lowest BCUT2D eigenvalue weighted by Crippen LogP contribution is -1.77. The van der Waals surface area contributed by atoms with Gasteiger partial charge in [0.25, 0.3) is 0 Å². The van der Waals surface area contributed by atoms with Crippen LogP contribution in [0, 0.1) is 4.91 Å². The first kappa shape index (κ1) is 13.1. The van der Waals surface area contributed by atoms with Gasteiger partial charge in [0.15, 0.2) is 5.88 Å².